The number of nitrogens with one attached hydrogen (secondary N) is 1. The molecule has 0 heterocycles. The zero-order valence-corrected chi connectivity index (χ0v) is 11.3. The monoisotopic (exact) mass is 277 g/mol. The standard InChI is InChI=1S/C12H14Cl3N/c1-7-2-3-9(4-7)16-12-10(14)5-8(13)6-11(12)15/h5-7,9,16H,2-4H2,1H3. The summed E-state index contributed by atoms with van der Waals surface area (Å²) in [6.07, 6.45) is 3.62. The van der Waals surface area contributed by atoms with E-state index in [2.05, 4.69) is 12.2 Å². The van der Waals surface area contributed by atoms with E-state index in [1.54, 1.807) is 12.1 Å². The van der Waals surface area contributed by atoms with Crippen molar-refractivity contribution in [1.29, 1.82) is 0 Å². The number of anilines is 1. The first-order valence-corrected chi connectivity index (χ1v) is 6.60. The first-order chi connectivity index (χ1) is 7.56. The number of rotatable bonds is 2. The molecule has 0 amide bonds. The van der Waals surface area contributed by atoms with Crippen LogP contribution in [0.15, 0.2) is 12.1 Å². The van der Waals surface area contributed by atoms with Gasteiger partial charge in [0.15, 0.2) is 0 Å². The number of benzene rings is 1. The molecule has 2 atom stereocenters. The molecule has 0 aromatic heterocycles. The zero-order valence-electron chi connectivity index (χ0n) is 9.06. The molecule has 2 rings (SSSR count). The maximum absolute atomic E-state index is 6.12. The molecule has 88 valence electrons. The van der Waals surface area contributed by atoms with E-state index < -0.39 is 0 Å². The van der Waals surface area contributed by atoms with E-state index in [0.717, 1.165) is 11.6 Å². The fourth-order valence-corrected chi connectivity index (χ4v) is 3.15. The Hall–Kier alpha value is -0.110. The molecule has 1 fully saturated rings. The van der Waals surface area contributed by atoms with E-state index in [-0.39, 0.29) is 0 Å². The van der Waals surface area contributed by atoms with Gasteiger partial charge in [-0.1, -0.05) is 41.7 Å². The summed E-state index contributed by atoms with van der Waals surface area (Å²) in [6.45, 7) is 2.27. The summed E-state index contributed by atoms with van der Waals surface area (Å²) in [5.41, 5.74) is 0.812. The predicted molar refractivity (Wildman–Crippen MR) is 71.9 cm³/mol. The molecule has 16 heavy (non-hydrogen) atoms. The molecular weight excluding hydrogens is 264 g/mol. The third kappa shape index (κ3) is 2.77. The van der Waals surface area contributed by atoms with E-state index in [1.807, 2.05) is 0 Å². The second-order valence-corrected chi connectivity index (χ2v) is 5.75. The Kier molecular flexibility index (Phi) is 3.89. The van der Waals surface area contributed by atoms with Gasteiger partial charge in [-0.3, -0.25) is 0 Å². The Balaban J connectivity index is 2.15. The molecule has 0 aliphatic heterocycles. The van der Waals surface area contributed by atoms with Gasteiger partial charge in [-0.05, 0) is 37.3 Å². The van der Waals surface area contributed by atoms with Gasteiger partial charge in [0.2, 0.25) is 0 Å². The second kappa shape index (κ2) is 5.03. The predicted octanol–water partition coefficient (Wildman–Crippen LogP) is 5.25. The number of hydrogen-bond donors (Lipinski definition) is 1. The van der Waals surface area contributed by atoms with Gasteiger partial charge in [-0.15, -0.1) is 0 Å². The lowest BCUT2D eigenvalue weighted by Gasteiger charge is -2.16. The zero-order chi connectivity index (χ0) is 11.7. The summed E-state index contributed by atoms with van der Waals surface area (Å²) < 4.78 is 0. The van der Waals surface area contributed by atoms with Gasteiger partial charge < -0.3 is 5.32 Å². The van der Waals surface area contributed by atoms with Gasteiger partial charge in [-0.2, -0.15) is 0 Å². The highest BCUT2D eigenvalue weighted by Crippen LogP contribution is 2.36. The summed E-state index contributed by atoms with van der Waals surface area (Å²) in [5.74, 6) is 0.780. The fourth-order valence-electron chi connectivity index (χ4n) is 2.22. The Bertz CT molecular complexity index is 369. The van der Waals surface area contributed by atoms with Crippen LogP contribution in [0.1, 0.15) is 26.2 Å². The van der Waals surface area contributed by atoms with Gasteiger partial charge in [0.05, 0.1) is 15.7 Å². The lowest BCUT2D eigenvalue weighted by molar-refractivity contribution is 0.602. The van der Waals surface area contributed by atoms with E-state index in [0.29, 0.717) is 21.1 Å². The van der Waals surface area contributed by atoms with Gasteiger partial charge >= 0.3 is 0 Å². The molecule has 0 saturated heterocycles. The fraction of sp³-hybridized carbons (Fsp3) is 0.500. The van der Waals surface area contributed by atoms with Crippen molar-refractivity contribution in [3.05, 3.63) is 27.2 Å². The van der Waals surface area contributed by atoms with Crippen LogP contribution in [0.5, 0.6) is 0 Å². The van der Waals surface area contributed by atoms with Crippen molar-refractivity contribution in [2.75, 3.05) is 5.32 Å². The Morgan fingerprint density at radius 2 is 1.75 bits per heavy atom. The quantitative estimate of drug-likeness (QED) is 0.779. The van der Waals surface area contributed by atoms with E-state index in [4.69, 9.17) is 34.8 Å². The van der Waals surface area contributed by atoms with E-state index in [9.17, 15) is 0 Å². The van der Waals surface area contributed by atoms with Crippen LogP contribution >= 0.6 is 34.8 Å². The molecule has 1 aromatic carbocycles. The Morgan fingerprint density at radius 3 is 2.25 bits per heavy atom. The van der Waals surface area contributed by atoms with Crippen LogP contribution in [0.3, 0.4) is 0 Å². The Labute approximate surface area is 111 Å². The summed E-state index contributed by atoms with van der Waals surface area (Å²) in [5, 5.41) is 5.17. The molecule has 1 nitrogen and oxygen atoms in total. The maximum atomic E-state index is 6.12. The highest BCUT2D eigenvalue weighted by Gasteiger charge is 2.22. The van der Waals surface area contributed by atoms with Crippen LogP contribution in [0, 0.1) is 5.92 Å². The molecule has 4 heteroatoms. The maximum Gasteiger partial charge on any atom is 0.0722 e. The van der Waals surface area contributed by atoms with Crippen molar-refractivity contribution in [2.24, 2.45) is 5.92 Å². The molecule has 0 radical (unpaired) electrons. The largest absolute Gasteiger partial charge is 0.380 e. The SMILES string of the molecule is CC1CCC(Nc2c(Cl)cc(Cl)cc2Cl)C1. The Morgan fingerprint density at radius 1 is 1.12 bits per heavy atom. The molecule has 1 aromatic rings. The number of halogens is 3. The lowest BCUT2D eigenvalue weighted by Crippen LogP contribution is -2.15. The highest BCUT2D eigenvalue weighted by molar-refractivity contribution is 6.41. The first kappa shape index (κ1) is 12.3. The van der Waals surface area contributed by atoms with Crippen LogP contribution < -0.4 is 5.32 Å². The summed E-state index contributed by atoms with van der Waals surface area (Å²) in [4.78, 5) is 0. The molecule has 1 saturated carbocycles. The van der Waals surface area contributed by atoms with Gasteiger partial charge in [0.25, 0.3) is 0 Å². The minimum absolute atomic E-state index is 0.478. The van der Waals surface area contributed by atoms with Gasteiger partial charge in [0, 0.05) is 11.1 Å². The van der Waals surface area contributed by atoms with E-state index in [1.165, 1.54) is 19.3 Å². The normalized spacial score (nSPS) is 24.8. The summed E-state index contributed by atoms with van der Waals surface area (Å²) >= 11 is 18.1. The first-order valence-electron chi connectivity index (χ1n) is 5.47. The molecular formula is C12H14Cl3N. The minimum atomic E-state index is 0.478. The average molecular weight is 279 g/mol. The summed E-state index contributed by atoms with van der Waals surface area (Å²) in [6, 6.07) is 3.91. The molecule has 0 spiro atoms. The van der Waals surface area contributed by atoms with Gasteiger partial charge in [-0.25, -0.2) is 0 Å². The molecule has 1 N–H and O–H groups in total. The van der Waals surface area contributed by atoms with E-state index >= 15 is 0 Å². The van der Waals surface area contributed by atoms with Crippen LogP contribution in [0.25, 0.3) is 0 Å². The van der Waals surface area contributed by atoms with Crippen molar-refractivity contribution in [1.82, 2.24) is 0 Å². The summed E-state index contributed by atoms with van der Waals surface area (Å²) in [7, 11) is 0. The number of hydrogen-bond acceptors (Lipinski definition) is 1. The van der Waals surface area contributed by atoms with Crippen molar-refractivity contribution >= 4 is 40.5 Å². The topological polar surface area (TPSA) is 12.0 Å². The van der Waals surface area contributed by atoms with Gasteiger partial charge in [0.1, 0.15) is 0 Å². The van der Waals surface area contributed by atoms with Crippen LogP contribution in [0.4, 0.5) is 5.69 Å². The van der Waals surface area contributed by atoms with Crippen molar-refractivity contribution < 1.29 is 0 Å². The molecule has 1 aliphatic rings. The third-order valence-electron chi connectivity index (χ3n) is 3.05. The second-order valence-electron chi connectivity index (χ2n) is 4.50. The third-order valence-corrected chi connectivity index (χ3v) is 3.86. The molecule has 0 bridgehead atoms. The van der Waals surface area contributed by atoms with Crippen LogP contribution in [-0.4, -0.2) is 6.04 Å². The smallest absolute Gasteiger partial charge is 0.0722 e. The molecule has 2 unspecified atom stereocenters. The molecule has 1 aliphatic carbocycles. The average Bonchev–Trinajstić information content (AvgIpc) is 2.58. The lowest BCUT2D eigenvalue weighted by atomic mass is 10.1. The minimum Gasteiger partial charge on any atom is -0.380 e. The van der Waals surface area contributed by atoms with Crippen LogP contribution in [0.2, 0.25) is 15.1 Å². The van der Waals surface area contributed by atoms with Crippen molar-refractivity contribution in [3.63, 3.8) is 0 Å². The van der Waals surface area contributed by atoms with Crippen LogP contribution in [-0.2, 0) is 0 Å². The van der Waals surface area contributed by atoms with Crippen molar-refractivity contribution in [3.8, 4) is 0 Å². The highest BCUT2D eigenvalue weighted by atomic mass is 35.5. The van der Waals surface area contributed by atoms with Crippen molar-refractivity contribution in [2.45, 2.75) is 32.2 Å².